The molecular formula is C16H33N3O. The third kappa shape index (κ3) is 5.32. The first-order valence-corrected chi connectivity index (χ1v) is 8.41. The van der Waals surface area contributed by atoms with Crippen molar-refractivity contribution in [2.45, 2.75) is 45.3 Å². The molecule has 2 atom stereocenters. The molecule has 2 aliphatic heterocycles. The Morgan fingerprint density at radius 2 is 1.95 bits per heavy atom. The van der Waals surface area contributed by atoms with E-state index in [0.29, 0.717) is 18.1 Å². The fourth-order valence-corrected chi connectivity index (χ4v) is 3.16. The molecule has 4 heteroatoms. The van der Waals surface area contributed by atoms with Crippen molar-refractivity contribution < 1.29 is 4.74 Å². The van der Waals surface area contributed by atoms with Gasteiger partial charge in [0, 0.05) is 38.8 Å². The lowest BCUT2D eigenvalue weighted by molar-refractivity contribution is -0.0243. The van der Waals surface area contributed by atoms with Gasteiger partial charge in [-0.05, 0) is 45.3 Å². The van der Waals surface area contributed by atoms with E-state index in [9.17, 15) is 0 Å². The molecule has 0 amide bonds. The maximum absolute atomic E-state index is 5.83. The Balaban J connectivity index is 1.54. The lowest BCUT2D eigenvalue weighted by atomic mass is 9.95. The zero-order chi connectivity index (χ0) is 14.4. The van der Waals surface area contributed by atoms with Crippen molar-refractivity contribution in [2.75, 3.05) is 52.9 Å². The smallest absolute Gasteiger partial charge is 0.0612 e. The number of hydrogen-bond donors (Lipinski definition) is 1. The fraction of sp³-hybridized carbons (Fsp3) is 1.00. The van der Waals surface area contributed by atoms with Gasteiger partial charge >= 0.3 is 0 Å². The van der Waals surface area contributed by atoms with Crippen LogP contribution in [0.2, 0.25) is 0 Å². The van der Waals surface area contributed by atoms with Gasteiger partial charge in [-0.1, -0.05) is 13.8 Å². The maximum atomic E-state index is 5.83. The standard InChI is InChI=1S/C16H33N3O/c1-14(2)16-13-15(5-12-20-16)17-6-4-7-19-10-8-18(3)9-11-19/h14-17H,4-13H2,1-3H3. The van der Waals surface area contributed by atoms with Gasteiger partial charge < -0.3 is 19.9 Å². The van der Waals surface area contributed by atoms with Crippen LogP contribution in [0.3, 0.4) is 0 Å². The van der Waals surface area contributed by atoms with Gasteiger partial charge in [-0.3, -0.25) is 0 Å². The van der Waals surface area contributed by atoms with Crippen molar-refractivity contribution in [1.29, 1.82) is 0 Å². The van der Waals surface area contributed by atoms with Gasteiger partial charge in [0.1, 0.15) is 0 Å². The van der Waals surface area contributed by atoms with E-state index in [-0.39, 0.29) is 0 Å². The molecular weight excluding hydrogens is 250 g/mol. The molecule has 2 rings (SSSR count). The highest BCUT2D eigenvalue weighted by Gasteiger charge is 2.24. The molecule has 0 bridgehead atoms. The number of hydrogen-bond acceptors (Lipinski definition) is 4. The summed E-state index contributed by atoms with van der Waals surface area (Å²) in [6.45, 7) is 12.8. The second-order valence-electron chi connectivity index (χ2n) is 6.83. The molecule has 2 fully saturated rings. The van der Waals surface area contributed by atoms with E-state index in [1.165, 1.54) is 52.0 Å². The van der Waals surface area contributed by atoms with E-state index in [4.69, 9.17) is 4.74 Å². The van der Waals surface area contributed by atoms with Crippen molar-refractivity contribution in [1.82, 2.24) is 15.1 Å². The molecule has 0 aliphatic carbocycles. The number of likely N-dealkylation sites (N-methyl/N-ethyl adjacent to an activating group) is 1. The van der Waals surface area contributed by atoms with Gasteiger partial charge in [-0.25, -0.2) is 0 Å². The van der Waals surface area contributed by atoms with E-state index >= 15 is 0 Å². The highest BCUT2D eigenvalue weighted by atomic mass is 16.5. The minimum absolute atomic E-state index is 0.457. The van der Waals surface area contributed by atoms with E-state index in [1.54, 1.807) is 0 Å². The first-order chi connectivity index (χ1) is 9.65. The summed E-state index contributed by atoms with van der Waals surface area (Å²) in [4.78, 5) is 5.02. The summed E-state index contributed by atoms with van der Waals surface area (Å²) in [5.74, 6) is 0.643. The first kappa shape index (κ1) is 16.2. The predicted octanol–water partition coefficient (Wildman–Crippen LogP) is 1.42. The number of piperazine rings is 1. The first-order valence-electron chi connectivity index (χ1n) is 8.41. The molecule has 2 heterocycles. The third-order valence-corrected chi connectivity index (χ3v) is 4.74. The molecule has 20 heavy (non-hydrogen) atoms. The monoisotopic (exact) mass is 283 g/mol. The zero-order valence-electron chi connectivity index (χ0n) is 13.6. The van der Waals surface area contributed by atoms with Gasteiger partial charge in [0.2, 0.25) is 0 Å². The molecule has 4 nitrogen and oxygen atoms in total. The molecule has 2 saturated heterocycles. The van der Waals surface area contributed by atoms with Crippen molar-refractivity contribution in [3.8, 4) is 0 Å². The minimum atomic E-state index is 0.457. The number of nitrogens with one attached hydrogen (secondary N) is 1. The lowest BCUT2D eigenvalue weighted by Crippen LogP contribution is -2.45. The number of nitrogens with zero attached hydrogens (tertiary/aromatic N) is 2. The van der Waals surface area contributed by atoms with Crippen LogP contribution in [0.1, 0.15) is 33.1 Å². The Hall–Kier alpha value is -0.160. The Bertz CT molecular complexity index is 264. The topological polar surface area (TPSA) is 27.7 Å². The molecule has 0 aromatic rings. The molecule has 0 radical (unpaired) electrons. The summed E-state index contributed by atoms with van der Waals surface area (Å²) >= 11 is 0. The molecule has 0 spiro atoms. The van der Waals surface area contributed by atoms with Crippen LogP contribution in [-0.4, -0.2) is 74.9 Å². The third-order valence-electron chi connectivity index (χ3n) is 4.74. The van der Waals surface area contributed by atoms with Crippen LogP contribution in [-0.2, 0) is 4.74 Å². The van der Waals surface area contributed by atoms with E-state index in [2.05, 4.69) is 36.0 Å². The van der Waals surface area contributed by atoms with Gasteiger partial charge in [0.15, 0.2) is 0 Å². The minimum Gasteiger partial charge on any atom is -0.378 e. The van der Waals surface area contributed by atoms with Crippen LogP contribution in [0.25, 0.3) is 0 Å². The second-order valence-corrected chi connectivity index (χ2v) is 6.83. The van der Waals surface area contributed by atoms with Crippen molar-refractivity contribution in [3.63, 3.8) is 0 Å². The van der Waals surface area contributed by atoms with E-state index in [0.717, 1.165) is 13.2 Å². The largest absolute Gasteiger partial charge is 0.378 e. The molecule has 0 aromatic heterocycles. The Morgan fingerprint density at radius 3 is 2.65 bits per heavy atom. The van der Waals surface area contributed by atoms with Gasteiger partial charge in [0.05, 0.1) is 6.10 Å². The zero-order valence-corrected chi connectivity index (χ0v) is 13.6. The quantitative estimate of drug-likeness (QED) is 0.746. The predicted molar refractivity (Wildman–Crippen MR) is 84.2 cm³/mol. The molecule has 1 N–H and O–H groups in total. The Labute approximate surface area is 124 Å². The normalized spacial score (nSPS) is 30.0. The van der Waals surface area contributed by atoms with E-state index < -0.39 is 0 Å². The lowest BCUT2D eigenvalue weighted by Gasteiger charge is -2.34. The summed E-state index contributed by atoms with van der Waals surface area (Å²) in [6, 6.07) is 0.670. The average Bonchev–Trinajstić information content (AvgIpc) is 2.46. The summed E-state index contributed by atoms with van der Waals surface area (Å²) in [5, 5.41) is 3.74. The molecule has 2 aliphatic rings. The van der Waals surface area contributed by atoms with Crippen LogP contribution in [0, 0.1) is 5.92 Å². The summed E-state index contributed by atoms with van der Waals surface area (Å²) in [7, 11) is 2.22. The van der Waals surface area contributed by atoms with Crippen molar-refractivity contribution in [2.24, 2.45) is 5.92 Å². The number of rotatable bonds is 6. The summed E-state index contributed by atoms with van der Waals surface area (Å²) < 4.78 is 5.83. The van der Waals surface area contributed by atoms with Crippen LogP contribution in [0.5, 0.6) is 0 Å². The summed E-state index contributed by atoms with van der Waals surface area (Å²) in [5.41, 5.74) is 0. The average molecular weight is 283 g/mol. The van der Waals surface area contributed by atoms with Crippen LogP contribution >= 0.6 is 0 Å². The van der Waals surface area contributed by atoms with Crippen molar-refractivity contribution >= 4 is 0 Å². The van der Waals surface area contributed by atoms with Crippen LogP contribution in [0.4, 0.5) is 0 Å². The van der Waals surface area contributed by atoms with E-state index in [1.807, 2.05) is 0 Å². The maximum Gasteiger partial charge on any atom is 0.0612 e. The SMILES string of the molecule is CC(C)C1CC(NCCCN2CCN(C)CC2)CCO1. The highest BCUT2D eigenvalue weighted by Crippen LogP contribution is 2.20. The molecule has 2 unspecified atom stereocenters. The number of ether oxygens (including phenoxy) is 1. The summed E-state index contributed by atoms with van der Waals surface area (Å²) in [6.07, 6.45) is 4.09. The fourth-order valence-electron chi connectivity index (χ4n) is 3.16. The molecule has 118 valence electrons. The van der Waals surface area contributed by atoms with Gasteiger partial charge in [-0.2, -0.15) is 0 Å². The molecule has 0 aromatic carbocycles. The molecule has 0 saturated carbocycles. The van der Waals surface area contributed by atoms with Gasteiger partial charge in [0.25, 0.3) is 0 Å². The second kappa shape index (κ2) is 8.32. The Kier molecular flexibility index (Phi) is 6.75. The van der Waals surface area contributed by atoms with Crippen LogP contribution < -0.4 is 5.32 Å². The highest BCUT2D eigenvalue weighted by molar-refractivity contribution is 4.79. The van der Waals surface area contributed by atoms with Crippen molar-refractivity contribution in [3.05, 3.63) is 0 Å². The Morgan fingerprint density at radius 1 is 1.20 bits per heavy atom. The van der Waals surface area contributed by atoms with Crippen LogP contribution in [0.15, 0.2) is 0 Å². The van der Waals surface area contributed by atoms with Gasteiger partial charge in [-0.15, -0.1) is 0 Å².